The quantitative estimate of drug-likeness (QED) is 0.651. The van der Waals surface area contributed by atoms with Crippen molar-refractivity contribution < 1.29 is 4.79 Å². The predicted octanol–water partition coefficient (Wildman–Crippen LogP) is 1.33. The highest BCUT2D eigenvalue weighted by molar-refractivity contribution is 6.01. The molecule has 0 atom stereocenters. The number of benzene rings is 1. The van der Waals surface area contributed by atoms with Gasteiger partial charge in [0.1, 0.15) is 0 Å². The number of nitrogens with two attached hydrogens (primary N) is 2. The minimum absolute atomic E-state index is 0.0830. The van der Waals surface area contributed by atoms with Crippen LogP contribution >= 0.6 is 0 Å². The standard InChI is InChI=1S/C11H15N3O/c1-11(5-6-11)14-9-7(10(13)15)3-2-4-8(9)12/h2-4,14H,5-6,12H2,1H3,(H2,13,15). The summed E-state index contributed by atoms with van der Waals surface area (Å²) in [5, 5.41) is 3.28. The number of hydrogen-bond acceptors (Lipinski definition) is 3. The van der Waals surface area contributed by atoms with Gasteiger partial charge in [0.05, 0.1) is 16.9 Å². The van der Waals surface area contributed by atoms with Crippen LogP contribution in [0.5, 0.6) is 0 Å². The van der Waals surface area contributed by atoms with E-state index in [0.717, 1.165) is 12.8 Å². The minimum atomic E-state index is -0.450. The molecular weight excluding hydrogens is 190 g/mol. The molecule has 15 heavy (non-hydrogen) atoms. The second-order valence-corrected chi connectivity index (χ2v) is 4.32. The second kappa shape index (κ2) is 3.15. The van der Waals surface area contributed by atoms with Gasteiger partial charge in [-0.2, -0.15) is 0 Å². The van der Waals surface area contributed by atoms with Crippen LogP contribution in [0.2, 0.25) is 0 Å². The molecule has 1 aromatic rings. The highest BCUT2D eigenvalue weighted by Crippen LogP contribution is 2.40. The molecule has 0 unspecified atom stereocenters. The van der Waals surface area contributed by atoms with Crippen molar-refractivity contribution in [3.8, 4) is 0 Å². The van der Waals surface area contributed by atoms with Crippen LogP contribution < -0.4 is 16.8 Å². The summed E-state index contributed by atoms with van der Waals surface area (Å²) in [6, 6.07) is 5.18. The lowest BCUT2D eigenvalue weighted by atomic mass is 10.1. The van der Waals surface area contributed by atoms with Crippen molar-refractivity contribution in [3.63, 3.8) is 0 Å². The van der Waals surface area contributed by atoms with E-state index in [1.165, 1.54) is 0 Å². The number of nitrogen functional groups attached to an aromatic ring is 1. The van der Waals surface area contributed by atoms with Crippen LogP contribution in [-0.4, -0.2) is 11.4 Å². The van der Waals surface area contributed by atoms with E-state index < -0.39 is 5.91 Å². The number of carbonyl (C=O) groups is 1. The predicted molar refractivity (Wildman–Crippen MR) is 60.6 cm³/mol. The van der Waals surface area contributed by atoms with Crippen LogP contribution in [0.1, 0.15) is 30.1 Å². The Labute approximate surface area is 88.6 Å². The van der Waals surface area contributed by atoms with Crippen molar-refractivity contribution in [2.24, 2.45) is 5.73 Å². The van der Waals surface area contributed by atoms with E-state index in [9.17, 15) is 4.79 Å². The SMILES string of the molecule is CC1(Nc2c(N)cccc2C(N)=O)CC1. The summed E-state index contributed by atoms with van der Waals surface area (Å²) in [5.74, 6) is -0.450. The van der Waals surface area contributed by atoms with Gasteiger partial charge in [-0.1, -0.05) is 6.07 Å². The number of carbonyl (C=O) groups excluding carboxylic acids is 1. The summed E-state index contributed by atoms with van der Waals surface area (Å²) in [4.78, 5) is 11.2. The largest absolute Gasteiger partial charge is 0.397 e. The number of nitrogens with one attached hydrogen (secondary N) is 1. The molecule has 0 aromatic heterocycles. The molecule has 1 fully saturated rings. The van der Waals surface area contributed by atoms with Crippen LogP contribution in [0.4, 0.5) is 11.4 Å². The summed E-state index contributed by atoms with van der Waals surface area (Å²) >= 11 is 0. The van der Waals surface area contributed by atoms with E-state index in [2.05, 4.69) is 12.2 Å². The van der Waals surface area contributed by atoms with Gasteiger partial charge in [-0.15, -0.1) is 0 Å². The monoisotopic (exact) mass is 205 g/mol. The number of amides is 1. The van der Waals surface area contributed by atoms with Gasteiger partial charge in [0.25, 0.3) is 5.91 Å². The smallest absolute Gasteiger partial charge is 0.250 e. The van der Waals surface area contributed by atoms with E-state index in [4.69, 9.17) is 11.5 Å². The van der Waals surface area contributed by atoms with E-state index in [0.29, 0.717) is 16.9 Å². The molecule has 1 aliphatic rings. The third-order valence-corrected chi connectivity index (χ3v) is 2.79. The van der Waals surface area contributed by atoms with Gasteiger partial charge in [-0.25, -0.2) is 0 Å². The van der Waals surface area contributed by atoms with Crippen molar-refractivity contribution in [3.05, 3.63) is 23.8 Å². The highest BCUT2D eigenvalue weighted by Gasteiger charge is 2.38. The van der Waals surface area contributed by atoms with E-state index in [-0.39, 0.29) is 5.54 Å². The van der Waals surface area contributed by atoms with Gasteiger partial charge in [-0.05, 0) is 31.9 Å². The van der Waals surface area contributed by atoms with E-state index in [1.807, 2.05) is 0 Å². The number of primary amides is 1. The maximum absolute atomic E-state index is 11.2. The molecule has 0 bridgehead atoms. The Balaban J connectivity index is 2.38. The van der Waals surface area contributed by atoms with Gasteiger partial charge in [-0.3, -0.25) is 4.79 Å². The molecule has 0 spiro atoms. The molecular formula is C11H15N3O. The molecule has 1 aromatic carbocycles. The first-order chi connectivity index (χ1) is 7.02. The average Bonchev–Trinajstić information content (AvgIpc) is 2.87. The Morgan fingerprint density at radius 1 is 1.47 bits per heavy atom. The zero-order valence-electron chi connectivity index (χ0n) is 8.71. The van der Waals surface area contributed by atoms with E-state index in [1.54, 1.807) is 18.2 Å². The zero-order valence-corrected chi connectivity index (χ0v) is 8.71. The van der Waals surface area contributed by atoms with Gasteiger partial charge in [0.15, 0.2) is 0 Å². The molecule has 4 nitrogen and oxygen atoms in total. The summed E-state index contributed by atoms with van der Waals surface area (Å²) in [5.41, 5.74) is 12.9. The van der Waals surface area contributed by atoms with Crippen molar-refractivity contribution in [2.45, 2.75) is 25.3 Å². The minimum Gasteiger partial charge on any atom is -0.397 e. The molecule has 0 saturated heterocycles. The summed E-state index contributed by atoms with van der Waals surface area (Å²) in [6.07, 6.45) is 2.19. The van der Waals surface area contributed by atoms with Gasteiger partial charge in [0, 0.05) is 5.54 Å². The lowest BCUT2D eigenvalue weighted by molar-refractivity contribution is 0.100. The fourth-order valence-electron chi connectivity index (χ4n) is 1.53. The highest BCUT2D eigenvalue weighted by atomic mass is 16.1. The maximum Gasteiger partial charge on any atom is 0.250 e. The van der Waals surface area contributed by atoms with Crippen LogP contribution in [0.15, 0.2) is 18.2 Å². The molecule has 2 rings (SSSR count). The van der Waals surface area contributed by atoms with Crippen LogP contribution in [-0.2, 0) is 0 Å². The van der Waals surface area contributed by atoms with Crippen LogP contribution in [0.3, 0.4) is 0 Å². The number of para-hydroxylation sites is 1. The summed E-state index contributed by atoms with van der Waals surface area (Å²) < 4.78 is 0. The van der Waals surface area contributed by atoms with Crippen LogP contribution in [0.25, 0.3) is 0 Å². The van der Waals surface area contributed by atoms with Crippen molar-refractivity contribution in [2.75, 3.05) is 11.1 Å². The van der Waals surface area contributed by atoms with Crippen molar-refractivity contribution in [1.82, 2.24) is 0 Å². The number of anilines is 2. The zero-order chi connectivity index (χ0) is 11.1. The van der Waals surface area contributed by atoms with Crippen molar-refractivity contribution >= 4 is 17.3 Å². The first kappa shape index (κ1) is 9.83. The Hall–Kier alpha value is -1.71. The fourth-order valence-corrected chi connectivity index (χ4v) is 1.53. The molecule has 4 heteroatoms. The number of rotatable bonds is 3. The molecule has 1 aliphatic carbocycles. The third-order valence-electron chi connectivity index (χ3n) is 2.79. The Morgan fingerprint density at radius 2 is 2.13 bits per heavy atom. The Bertz CT molecular complexity index is 410. The van der Waals surface area contributed by atoms with Crippen LogP contribution in [0, 0.1) is 0 Å². The topological polar surface area (TPSA) is 81.1 Å². The third kappa shape index (κ3) is 1.88. The lowest BCUT2D eigenvalue weighted by Gasteiger charge is -2.17. The van der Waals surface area contributed by atoms with Crippen molar-refractivity contribution in [1.29, 1.82) is 0 Å². The Kier molecular flexibility index (Phi) is 2.07. The second-order valence-electron chi connectivity index (χ2n) is 4.32. The van der Waals surface area contributed by atoms with Gasteiger partial charge in [0.2, 0.25) is 0 Å². The lowest BCUT2D eigenvalue weighted by Crippen LogP contribution is -2.21. The van der Waals surface area contributed by atoms with Gasteiger partial charge < -0.3 is 16.8 Å². The first-order valence-corrected chi connectivity index (χ1v) is 4.98. The molecule has 5 N–H and O–H groups in total. The molecule has 1 amide bonds. The molecule has 0 aliphatic heterocycles. The first-order valence-electron chi connectivity index (χ1n) is 4.98. The summed E-state index contributed by atoms with van der Waals surface area (Å²) in [7, 11) is 0. The molecule has 1 saturated carbocycles. The fraction of sp³-hybridized carbons (Fsp3) is 0.364. The Morgan fingerprint density at radius 3 is 2.67 bits per heavy atom. The summed E-state index contributed by atoms with van der Waals surface area (Å²) in [6.45, 7) is 2.10. The average molecular weight is 205 g/mol. The molecule has 0 radical (unpaired) electrons. The normalized spacial score (nSPS) is 17.1. The van der Waals surface area contributed by atoms with Gasteiger partial charge >= 0.3 is 0 Å². The van der Waals surface area contributed by atoms with E-state index >= 15 is 0 Å². The molecule has 80 valence electrons. The maximum atomic E-state index is 11.2. The molecule has 0 heterocycles. The number of hydrogen-bond donors (Lipinski definition) is 3.